The van der Waals surface area contributed by atoms with E-state index in [2.05, 4.69) is 70.0 Å². The summed E-state index contributed by atoms with van der Waals surface area (Å²) in [5.74, 6) is 1.64. The molecule has 1 saturated heterocycles. The number of piperidine rings is 1. The number of anilines is 2. The lowest BCUT2D eigenvalue weighted by Crippen LogP contribution is -2.35. The van der Waals surface area contributed by atoms with Crippen LogP contribution in [0.2, 0.25) is 0 Å². The van der Waals surface area contributed by atoms with Crippen LogP contribution in [-0.2, 0) is 13.0 Å². The zero-order valence-corrected chi connectivity index (χ0v) is 19.6. The van der Waals surface area contributed by atoms with Crippen molar-refractivity contribution in [2.45, 2.75) is 36.8 Å². The lowest BCUT2D eigenvalue weighted by molar-refractivity contribution is 0.145. The SMILES string of the molecule is CSc1ccccc1CNc1nc(Cc2ccc(N3CCC(O)CC3)cc2)nc2cc[nH]c12. The third kappa shape index (κ3) is 4.99. The Hall–Kier alpha value is -3.03. The number of aliphatic hydroxyl groups is 1. The van der Waals surface area contributed by atoms with Crippen LogP contribution in [0.4, 0.5) is 11.5 Å². The Morgan fingerprint density at radius 2 is 1.85 bits per heavy atom. The van der Waals surface area contributed by atoms with E-state index in [1.54, 1.807) is 11.8 Å². The summed E-state index contributed by atoms with van der Waals surface area (Å²) >= 11 is 1.76. The molecule has 0 atom stereocenters. The van der Waals surface area contributed by atoms with Crippen molar-refractivity contribution in [3.8, 4) is 0 Å². The van der Waals surface area contributed by atoms with E-state index >= 15 is 0 Å². The van der Waals surface area contributed by atoms with Gasteiger partial charge in [-0.15, -0.1) is 11.8 Å². The van der Waals surface area contributed by atoms with E-state index in [0.717, 1.165) is 48.6 Å². The fourth-order valence-corrected chi connectivity index (χ4v) is 4.98. The first-order chi connectivity index (χ1) is 16.2. The summed E-state index contributed by atoms with van der Waals surface area (Å²) in [7, 11) is 0. The van der Waals surface area contributed by atoms with Crippen LogP contribution in [0.15, 0.2) is 65.7 Å². The van der Waals surface area contributed by atoms with Crippen LogP contribution in [0.3, 0.4) is 0 Å². The van der Waals surface area contributed by atoms with Crippen molar-refractivity contribution in [1.29, 1.82) is 0 Å². The molecule has 0 unspecified atom stereocenters. The van der Waals surface area contributed by atoms with Gasteiger partial charge in [-0.1, -0.05) is 30.3 Å². The average molecular weight is 460 g/mol. The fourth-order valence-electron chi connectivity index (χ4n) is 4.36. The lowest BCUT2D eigenvalue weighted by Gasteiger charge is -2.31. The van der Waals surface area contributed by atoms with Crippen LogP contribution in [0.25, 0.3) is 11.0 Å². The molecule has 2 aromatic heterocycles. The summed E-state index contributed by atoms with van der Waals surface area (Å²) in [6, 6.07) is 19.1. The first-order valence-electron chi connectivity index (χ1n) is 11.4. The topological polar surface area (TPSA) is 77.1 Å². The van der Waals surface area contributed by atoms with Crippen molar-refractivity contribution in [3.63, 3.8) is 0 Å². The van der Waals surface area contributed by atoms with Gasteiger partial charge in [-0.25, -0.2) is 9.97 Å². The zero-order chi connectivity index (χ0) is 22.6. The second kappa shape index (κ2) is 9.85. The number of benzene rings is 2. The smallest absolute Gasteiger partial charge is 0.154 e. The first kappa shape index (κ1) is 21.8. The summed E-state index contributed by atoms with van der Waals surface area (Å²) < 4.78 is 0. The summed E-state index contributed by atoms with van der Waals surface area (Å²) in [5.41, 5.74) is 5.50. The number of rotatable bonds is 7. The van der Waals surface area contributed by atoms with Crippen molar-refractivity contribution in [3.05, 3.63) is 77.7 Å². The number of thioether (sulfide) groups is 1. The Bertz CT molecular complexity index is 1220. The summed E-state index contributed by atoms with van der Waals surface area (Å²) in [6.07, 6.45) is 6.21. The molecule has 0 radical (unpaired) electrons. The Morgan fingerprint density at radius 3 is 2.64 bits per heavy atom. The Kier molecular flexibility index (Phi) is 6.51. The molecule has 0 spiro atoms. The van der Waals surface area contributed by atoms with Gasteiger partial charge in [0.25, 0.3) is 0 Å². The highest BCUT2D eigenvalue weighted by Gasteiger charge is 2.17. The van der Waals surface area contributed by atoms with Gasteiger partial charge in [0.15, 0.2) is 5.82 Å². The molecule has 0 bridgehead atoms. The molecule has 0 saturated carbocycles. The number of nitrogens with zero attached hydrogens (tertiary/aromatic N) is 3. The quantitative estimate of drug-likeness (QED) is 0.343. The van der Waals surface area contributed by atoms with E-state index in [9.17, 15) is 5.11 Å². The molecule has 2 aromatic carbocycles. The standard InChI is InChI=1S/C26H29N5OS/c1-33-23-5-3-2-4-19(23)17-28-26-25-22(10-13-27-25)29-24(30-26)16-18-6-8-20(9-7-18)31-14-11-21(32)12-15-31/h2-10,13,21,27,32H,11-12,14-17H2,1H3,(H,28,29,30). The van der Waals surface area contributed by atoms with E-state index in [0.29, 0.717) is 13.0 Å². The molecular weight excluding hydrogens is 430 g/mol. The molecule has 170 valence electrons. The number of hydrogen-bond donors (Lipinski definition) is 3. The third-order valence-corrected chi connectivity index (χ3v) is 7.06. The molecule has 3 heterocycles. The highest BCUT2D eigenvalue weighted by molar-refractivity contribution is 7.98. The Labute approximate surface area is 198 Å². The number of fused-ring (bicyclic) bond motifs is 1. The van der Waals surface area contributed by atoms with Gasteiger partial charge in [0.05, 0.1) is 11.6 Å². The molecule has 0 amide bonds. The molecule has 0 aliphatic carbocycles. The molecule has 6 nitrogen and oxygen atoms in total. The van der Waals surface area contributed by atoms with Gasteiger partial charge >= 0.3 is 0 Å². The molecule has 7 heteroatoms. The third-order valence-electron chi connectivity index (χ3n) is 6.22. The van der Waals surface area contributed by atoms with Crippen LogP contribution < -0.4 is 10.2 Å². The minimum absolute atomic E-state index is 0.155. The number of aromatic amines is 1. The molecule has 33 heavy (non-hydrogen) atoms. The summed E-state index contributed by atoms with van der Waals surface area (Å²) in [6.45, 7) is 2.52. The zero-order valence-electron chi connectivity index (χ0n) is 18.8. The van der Waals surface area contributed by atoms with Crippen molar-refractivity contribution in [2.75, 3.05) is 29.6 Å². The molecule has 5 rings (SSSR count). The molecule has 4 aromatic rings. The van der Waals surface area contributed by atoms with Gasteiger partial charge in [-0.05, 0) is 54.5 Å². The van der Waals surface area contributed by atoms with Gasteiger partial charge in [0.1, 0.15) is 11.3 Å². The normalized spacial score (nSPS) is 14.7. The lowest BCUT2D eigenvalue weighted by atomic mass is 10.1. The van der Waals surface area contributed by atoms with Gasteiger partial charge in [0, 0.05) is 42.8 Å². The van der Waals surface area contributed by atoms with Crippen LogP contribution in [0.1, 0.15) is 29.8 Å². The van der Waals surface area contributed by atoms with E-state index in [4.69, 9.17) is 9.97 Å². The molecule has 3 N–H and O–H groups in total. The maximum Gasteiger partial charge on any atom is 0.154 e. The number of H-pyrrole nitrogens is 1. The van der Waals surface area contributed by atoms with Crippen LogP contribution >= 0.6 is 11.8 Å². The predicted octanol–water partition coefficient (Wildman–Crippen LogP) is 4.84. The highest BCUT2D eigenvalue weighted by Crippen LogP contribution is 2.25. The maximum absolute atomic E-state index is 9.74. The number of aliphatic hydroxyl groups excluding tert-OH is 1. The van der Waals surface area contributed by atoms with Crippen LogP contribution in [0, 0.1) is 0 Å². The van der Waals surface area contributed by atoms with Gasteiger partial charge in [-0.2, -0.15) is 0 Å². The van der Waals surface area contributed by atoms with E-state index in [1.165, 1.54) is 21.7 Å². The van der Waals surface area contributed by atoms with Crippen LogP contribution in [-0.4, -0.2) is 45.5 Å². The second-order valence-corrected chi connectivity index (χ2v) is 9.30. The Morgan fingerprint density at radius 1 is 1.06 bits per heavy atom. The molecule has 1 fully saturated rings. The van der Waals surface area contributed by atoms with E-state index < -0.39 is 0 Å². The fraction of sp³-hybridized carbons (Fsp3) is 0.308. The van der Waals surface area contributed by atoms with Crippen LogP contribution in [0.5, 0.6) is 0 Å². The number of aromatic nitrogens is 3. The van der Waals surface area contributed by atoms with Gasteiger partial charge in [-0.3, -0.25) is 0 Å². The minimum atomic E-state index is -0.155. The summed E-state index contributed by atoms with van der Waals surface area (Å²) in [4.78, 5) is 16.5. The van der Waals surface area contributed by atoms with Crippen molar-refractivity contribution < 1.29 is 5.11 Å². The largest absolute Gasteiger partial charge is 0.393 e. The molecule has 1 aliphatic heterocycles. The van der Waals surface area contributed by atoms with Gasteiger partial charge in [0.2, 0.25) is 0 Å². The maximum atomic E-state index is 9.74. The average Bonchev–Trinajstić information content (AvgIpc) is 3.33. The molecule has 1 aliphatic rings. The predicted molar refractivity (Wildman–Crippen MR) is 136 cm³/mol. The van der Waals surface area contributed by atoms with Gasteiger partial charge < -0.3 is 20.3 Å². The molecular formula is C26H29N5OS. The minimum Gasteiger partial charge on any atom is -0.393 e. The number of hydrogen-bond acceptors (Lipinski definition) is 6. The van der Waals surface area contributed by atoms with E-state index in [-0.39, 0.29) is 6.10 Å². The van der Waals surface area contributed by atoms with Crippen molar-refractivity contribution in [1.82, 2.24) is 15.0 Å². The number of nitrogens with one attached hydrogen (secondary N) is 2. The van der Waals surface area contributed by atoms with Crippen molar-refractivity contribution in [2.24, 2.45) is 0 Å². The first-order valence-corrected chi connectivity index (χ1v) is 12.6. The Balaban J connectivity index is 1.32. The summed E-state index contributed by atoms with van der Waals surface area (Å²) in [5, 5.41) is 13.3. The van der Waals surface area contributed by atoms with E-state index in [1.807, 2.05) is 12.3 Å². The monoisotopic (exact) mass is 459 g/mol. The van der Waals surface area contributed by atoms with Crippen molar-refractivity contribution >= 4 is 34.3 Å². The second-order valence-electron chi connectivity index (χ2n) is 8.45. The highest BCUT2D eigenvalue weighted by atomic mass is 32.2.